The molecule has 0 N–H and O–H groups in total. The van der Waals surface area contributed by atoms with Gasteiger partial charge in [-0.3, -0.25) is 0 Å². The van der Waals surface area contributed by atoms with Gasteiger partial charge in [-0.1, -0.05) is 0 Å². The molecule has 0 bridgehead atoms. The lowest BCUT2D eigenvalue weighted by atomic mass is 10.1. The van der Waals surface area contributed by atoms with Crippen molar-refractivity contribution in [2.45, 2.75) is 44.3 Å². The second kappa shape index (κ2) is 4.56. The third-order valence-electron chi connectivity index (χ3n) is 2.11. The van der Waals surface area contributed by atoms with Gasteiger partial charge in [-0.25, -0.2) is 9.18 Å². The van der Waals surface area contributed by atoms with Crippen molar-refractivity contribution in [1.82, 2.24) is 4.90 Å². The first-order valence-corrected chi connectivity index (χ1v) is 5.49. The molecular weight excluding hydrogens is 221 g/mol. The Morgan fingerprint density at radius 2 is 2.13 bits per heavy atom. The van der Waals surface area contributed by atoms with E-state index in [0.29, 0.717) is 13.0 Å². The first-order valence-electron chi connectivity index (χ1n) is 5.05. The van der Waals surface area contributed by atoms with Gasteiger partial charge in [-0.05, 0) is 27.2 Å². The molecule has 0 radical (unpaired) electrons. The number of rotatable bonds is 0. The zero-order valence-electron chi connectivity index (χ0n) is 9.30. The molecule has 0 aliphatic carbocycles. The fraction of sp³-hybridized carbons (Fsp3) is 0.900. The Kier molecular flexibility index (Phi) is 3.82. The maximum absolute atomic E-state index is 13.2. The van der Waals surface area contributed by atoms with Gasteiger partial charge >= 0.3 is 6.09 Å². The average Bonchev–Trinajstić information content (AvgIpc) is 2.06. The molecule has 2 unspecified atom stereocenters. The lowest BCUT2D eigenvalue weighted by Crippen LogP contribution is -2.47. The minimum atomic E-state index is -1.16. The summed E-state index contributed by atoms with van der Waals surface area (Å²) in [5.41, 5.74) is -0.541. The van der Waals surface area contributed by atoms with E-state index < -0.39 is 23.2 Å². The molecule has 15 heavy (non-hydrogen) atoms. The van der Waals surface area contributed by atoms with Crippen LogP contribution in [0.2, 0.25) is 0 Å². The highest BCUT2D eigenvalue weighted by molar-refractivity contribution is 6.21. The van der Waals surface area contributed by atoms with Crippen molar-refractivity contribution >= 4 is 17.7 Å². The molecule has 0 spiro atoms. The van der Waals surface area contributed by atoms with Gasteiger partial charge in [0.05, 0.1) is 11.9 Å². The molecular formula is C10H17ClFNO2. The molecule has 2 atom stereocenters. The second-order valence-electron chi connectivity index (χ2n) is 4.75. The van der Waals surface area contributed by atoms with Gasteiger partial charge in [0.15, 0.2) is 0 Å². The molecule has 1 aliphatic rings. The Labute approximate surface area is 94.5 Å². The van der Waals surface area contributed by atoms with Crippen LogP contribution >= 0.6 is 11.6 Å². The summed E-state index contributed by atoms with van der Waals surface area (Å²) in [6.07, 6.45) is -1.15. The Morgan fingerprint density at radius 3 is 2.60 bits per heavy atom. The van der Waals surface area contributed by atoms with Gasteiger partial charge < -0.3 is 9.64 Å². The topological polar surface area (TPSA) is 29.5 Å². The number of halogens is 2. The van der Waals surface area contributed by atoms with Crippen LogP contribution in [-0.2, 0) is 4.74 Å². The molecule has 88 valence electrons. The number of nitrogens with zero attached hydrogens (tertiary/aromatic N) is 1. The van der Waals surface area contributed by atoms with Gasteiger partial charge in [-0.2, -0.15) is 0 Å². The molecule has 0 aromatic carbocycles. The van der Waals surface area contributed by atoms with Crippen LogP contribution in [0.1, 0.15) is 27.2 Å². The van der Waals surface area contributed by atoms with Crippen LogP contribution in [0.5, 0.6) is 0 Å². The molecule has 1 saturated heterocycles. The van der Waals surface area contributed by atoms with E-state index in [1.165, 1.54) is 4.90 Å². The highest BCUT2D eigenvalue weighted by atomic mass is 35.5. The van der Waals surface area contributed by atoms with Crippen molar-refractivity contribution in [1.29, 1.82) is 0 Å². The largest absolute Gasteiger partial charge is 0.444 e. The van der Waals surface area contributed by atoms with Crippen LogP contribution in [0, 0.1) is 0 Å². The number of likely N-dealkylation sites (tertiary alicyclic amines) is 1. The quantitative estimate of drug-likeness (QED) is 0.606. The van der Waals surface area contributed by atoms with Crippen molar-refractivity contribution in [2.24, 2.45) is 0 Å². The normalized spacial score (nSPS) is 27.7. The number of piperidine rings is 1. The number of carbonyl (C=O) groups is 1. The molecule has 1 aliphatic heterocycles. The van der Waals surface area contributed by atoms with E-state index in [-0.39, 0.29) is 6.54 Å². The number of alkyl halides is 2. The molecule has 1 fully saturated rings. The third kappa shape index (κ3) is 3.86. The monoisotopic (exact) mass is 237 g/mol. The van der Waals surface area contributed by atoms with Crippen LogP contribution in [0.15, 0.2) is 0 Å². The second-order valence-corrected chi connectivity index (χ2v) is 5.31. The molecule has 1 amide bonds. The number of ether oxygens (including phenoxy) is 1. The summed E-state index contributed by atoms with van der Waals surface area (Å²) in [5.74, 6) is 0. The summed E-state index contributed by atoms with van der Waals surface area (Å²) in [6, 6.07) is 0. The molecule has 0 aromatic heterocycles. The Morgan fingerprint density at radius 1 is 1.53 bits per heavy atom. The molecule has 0 aromatic rings. The summed E-state index contributed by atoms with van der Waals surface area (Å²) >= 11 is 5.72. The predicted molar refractivity (Wildman–Crippen MR) is 57.0 cm³/mol. The van der Waals surface area contributed by atoms with Crippen molar-refractivity contribution in [3.05, 3.63) is 0 Å². The molecule has 5 heteroatoms. The van der Waals surface area contributed by atoms with Gasteiger partial charge in [0.1, 0.15) is 11.8 Å². The van der Waals surface area contributed by atoms with E-state index in [1.807, 2.05) is 0 Å². The van der Waals surface area contributed by atoms with E-state index in [4.69, 9.17) is 16.3 Å². The SMILES string of the molecule is CC(C)(C)OC(=O)N1CCC(Cl)C(F)C1. The lowest BCUT2D eigenvalue weighted by Gasteiger charge is -2.33. The van der Waals surface area contributed by atoms with E-state index in [9.17, 15) is 9.18 Å². The Bertz CT molecular complexity index is 242. The molecule has 1 rings (SSSR count). The Balaban J connectivity index is 2.48. The predicted octanol–water partition coefficient (Wildman–Crippen LogP) is 2.57. The van der Waals surface area contributed by atoms with Crippen molar-refractivity contribution in [3.63, 3.8) is 0 Å². The van der Waals surface area contributed by atoms with Gasteiger partial charge in [0, 0.05) is 6.54 Å². The van der Waals surface area contributed by atoms with Crippen LogP contribution < -0.4 is 0 Å². The highest BCUT2D eigenvalue weighted by Crippen LogP contribution is 2.21. The zero-order chi connectivity index (χ0) is 11.6. The van der Waals surface area contributed by atoms with Gasteiger partial charge in [-0.15, -0.1) is 11.6 Å². The summed E-state index contributed by atoms with van der Waals surface area (Å²) in [5, 5.41) is -0.483. The zero-order valence-corrected chi connectivity index (χ0v) is 10.1. The fourth-order valence-corrected chi connectivity index (χ4v) is 1.55. The van der Waals surface area contributed by atoms with Crippen LogP contribution in [0.4, 0.5) is 9.18 Å². The van der Waals surface area contributed by atoms with E-state index in [2.05, 4.69) is 0 Å². The standard InChI is InChI=1S/C10H17ClFNO2/c1-10(2,3)15-9(14)13-5-4-7(11)8(12)6-13/h7-8H,4-6H2,1-3H3. The number of hydrogen-bond acceptors (Lipinski definition) is 2. The Hall–Kier alpha value is -0.510. The summed E-state index contributed by atoms with van der Waals surface area (Å²) in [6.45, 7) is 5.84. The average molecular weight is 238 g/mol. The van der Waals surface area contributed by atoms with Crippen LogP contribution in [-0.4, -0.2) is 41.2 Å². The van der Waals surface area contributed by atoms with Gasteiger partial charge in [0.25, 0.3) is 0 Å². The van der Waals surface area contributed by atoms with Crippen LogP contribution in [0.25, 0.3) is 0 Å². The maximum atomic E-state index is 13.2. The molecule has 3 nitrogen and oxygen atoms in total. The summed E-state index contributed by atoms with van der Waals surface area (Å²) < 4.78 is 18.4. The highest BCUT2D eigenvalue weighted by Gasteiger charge is 2.32. The molecule has 1 heterocycles. The van der Waals surface area contributed by atoms with E-state index in [1.54, 1.807) is 20.8 Å². The lowest BCUT2D eigenvalue weighted by molar-refractivity contribution is 0.0144. The van der Waals surface area contributed by atoms with Crippen molar-refractivity contribution in [3.8, 4) is 0 Å². The fourth-order valence-electron chi connectivity index (χ4n) is 1.37. The number of amides is 1. The minimum Gasteiger partial charge on any atom is -0.444 e. The summed E-state index contributed by atoms with van der Waals surface area (Å²) in [7, 11) is 0. The van der Waals surface area contributed by atoms with E-state index in [0.717, 1.165) is 0 Å². The number of hydrogen-bond donors (Lipinski definition) is 0. The summed E-state index contributed by atoms with van der Waals surface area (Å²) in [4.78, 5) is 12.9. The molecule has 0 saturated carbocycles. The first kappa shape index (κ1) is 12.6. The van der Waals surface area contributed by atoms with Gasteiger partial charge in [0.2, 0.25) is 0 Å². The van der Waals surface area contributed by atoms with Crippen molar-refractivity contribution < 1.29 is 13.9 Å². The van der Waals surface area contributed by atoms with Crippen LogP contribution in [0.3, 0.4) is 0 Å². The van der Waals surface area contributed by atoms with E-state index >= 15 is 0 Å². The minimum absolute atomic E-state index is 0.0308. The number of carbonyl (C=O) groups excluding carboxylic acids is 1. The third-order valence-corrected chi connectivity index (χ3v) is 2.61. The first-order chi connectivity index (χ1) is 6.79. The smallest absolute Gasteiger partial charge is 0.410 e. The van der Waals surface area contributed by atoms with Crippen molar-refractivity contribution in [2.75, 3.05) is 13.1 Å². The maximum Gasteiger partial charge on any atom is 0.410 e.